The van der Waals surface area contributed by atoms with Crippen LogP contribution in [0.1, 0.15) is 50.6 Å². The van der Waals surface area contributed by atoms with Crippen molar-refractivity contribution in [1.82, 2.24) is 0 Å². The number of Topliss-reactive ketones (excluding diaryl/α,β-unsaturated/α-hetero) is 1. The number of carboxylic acid groups (broad SMARTS) is 1. The largest absolute Gasteiger partial charge is 0.481 e. The van der Waals surface area contributed by atoms with Crippen LogP contribution in [0.2, 0.25) is 0 Å². The van der Waals surface area contributed by atoms with Crippen LogP contribution in [0.5, 0.6) is 0 Å². The van der Waals surface area contributed by atoms with Crippen molar-refractivity contribution >= 4 is 23.3 Å². The molecule has 1 aromatic heterocycles. The lowest BCUT2D eigenvalue weighted by atomic mass is 9.94. The van der Waals surface area contributed by atoms with Gasteiger partial charge in [-0.3, -0.25) is 14.4 Å². The molecule has 124 valence electrons. The average Bonchev–Trinajstić information content (AvgIpc) is 2.85. The van der Waals surface area contributed by atoms with Gasteiger partial charge < -0.3 is 14.8 Å². The number of hydrogen-bond acceptors (Lipinski definition) is 4. The number of benzene rings is 1. The number of aliphatic carboxylic acids is 1. The third-order valence-electron chi connectivity index (χ3n) is 4.05. The summed E-state index contributed by atoms with van der Waals surface area (Å²) in [6.07, 6.45) is 1.75. The van der Waals surface area contributed by atoms with E-state index in [2.05, 4.69) is 5.32 Å². The Morgan fingerprint density at radius 3 is 2.79 bits per heavy atom. The fourth-order valence-electron chi connectivity index (χ4n) is 2.99. The van der Waals surface area contributed by atoms with Gasteiger partial charge >= 0.3 is 5.97 Å². The molecule has 0 radical (unpaired) electrons. The summed E-state index contributed by atoms with van der Waals surface area (Å²) in [5.74, 6) is -0.652. The molecule has 0 atom stereocenters. The van der Waals surface area contributed by atoms with Crippen molar-refractivity contribution in [2.75, 3.05) is 5.32 Å². The minimum atomic E-state index is -0.938. The van der Waals surface area contributed by atoms with Crippen LogP contribution in [-0.4, -0.2) is 22.8 Å². The molecule has 1 amide bonds. The molecular weight excluding hydrogens is 310 g/mol. The maximum absolute atomic E-state index is 12.5. The monoisotopic (exact) mass is 327 g/mol. The summed E-state index contributed by atoms with van der Waals surface area (Å²) in [7, 11) is 0. The smallest absolute Gasteiger partial charge is 0.307 e. The van der Waals surface area contributed by atoms with E-state index in [1.807, 2.05) is 0 Å². The molecule has 1 aliphatic rings. The Morgan fingerprint density at radius 1 is 1.29 bits per heavy atom. The van der Waals surface area contributed by atoms with Gasteiger partial charge in [0.05, 0.1) is 12.0 Å². The second-order valence-corrected chi connectivity index (χ2v) is 5.86. The molecule has 6 nitrogen and oxygen atoms in total. The van der Waals surface area contributed by atoms with E-state index in [1.165, 1.54) is 0 Å². The number of carbonyl (C=O) groups excluding carboxylic acids is 2. The van der Waals surface area contributed by atoms with Crippen molar-refractivity contribution in [3.63, 3.8) is 0 Å². The van der Waals surface area contributed by atoms with E-state index in [9.17, 15) is 14.4 Å². The van der Waals surface area contributed by atoms with Crippen LogP contribution in [0.4, 0.5) is 5.69 Å². The van der Waals surface area contributed by atoms with Gasteiger partial charge in [0.1, 0.15) is 5.76 Å². The van der Waals surface area contributed by atoms with E-state index in [4.69, 9.17) is 9.52 Å². The molecule has 0 aliphatic heterocycles. The Labute approximate surface area is 138 Å². The summed E-state index contributed by atoms with van der Waals surface area (Å²) in [5.41, 5.74) is 2.17. The van der Waals surface area contributed by atoms with Gasteiger partial charge in [-0.2, -0.15) is 0 Å². The number of carbonyl (C=O) groups is 3. The van der Waals surface area contributed by atoms with E-state index < -0.39 is 11.9 Å². The number of ketones is 1. The highest BCUT2D eigenvalue weighted by Gasteiger charge is 2.28. The van der Waals surface area contributed by atoms with Crippen LogP contribution in [0.25, 0.3) is 0 Å². The molecule has 0 saturated carbocycles. The molecule has 2 aromatic rings. The highest BCUT2D eigenvalue weighted by atomic mass is 16.4. The molecule has 0 fully saturated rings. The Bertz CT molecular complexity index is 834. The van der Waals surface area contributed by atoms with E-state index in [0.717, 1.165) is 6.42 Å². The predicted molar refractivity (Wildman–Crippen MR) is 86.4 cm³/mol. The highest BCUT2D eigenvalue weighted by Crippen LogP contribution is 2.29. The average molecular weight is 327 g/mol. The number of hydrogen-bond donors (Lipinski definition) is 2. The molecule has 0 bridgehead atoms. The van der Waals surface area contributed by atoms with Crippen LogP contribution in [0.3, 0.4) is 0 Å². The molecule has 1 heterocycles. The zero-order chi connectivity index (χ0) is 17.3. The standard InChI is InChI=1S/C18H17NO5/c1-10-16-13(20)6-3-7-14(16)24-17(10)18(23)19-12-5-2-4-11(8-12)9-15(21)22/h2,4-5,8H,3,6-7,9H2,1H3,(H,19,23)(H,21,22). The lowest BCUT2D eigenvalue weighted by Gasteiger charge is -2.07. The van der Waals surface area contributed by atoms with Gasteiger partial charge in [0.2, 0.25) is 0 Å². The van der Waals surface area contributed by atoms with Crippen LogP contribution in [0, 0.1) is 6.92 Å². The van der Waals surface area contributed by atoms with Gasteiger partial charge in [-0.15, -0.1) is 0 Å². The first kappa shape index (κ1) is 16.0. The van der Waals surface area contributed by atoms with E-state index in [0.29, 0.717) is 41.0 Å². The van der Waals surface area contributed by atoms with Gasteiger partial charge in [-0.05, 0) is 31.0 Å². The van der Waals surface area contributed by atoms with Gasteiger partial charge in [0.15, 0.2) is 11.5 Å². The third-order valence-corrected chi connectivity index (χ3v) is 4.05. The number of fused-ring (bicyclic) bond motifs is 1. The molecule has 3 rings (SSSR count). The van der Waals surface area contributed by atoms with E-state index >= 15 is 0 Å². The zero-order valence-corrected chi connectivity index (χ0v) is 13.2. The molecule has 24 heavy (non-hydrogen) atoms. The molecule has 1 aromatic carbocycles. The minimum absolute atomic E-state index is 0.0139. The van der Waals surface area contributed by atoms with Crippen LogP contribution < -0.4 is 5.32 Å². The van der Waals surface area contributed by atoms with Crippen molar-refractivity contribution in [1.29, 1.82) is 0 Å². The summed E-state index contributed by atoms with van der Waals surface area (Å²) >= 11 is 0. The van der Waals surface area contributed by atoms with Gasteiger partial charge in [-0.25, -0.2) is 0 Å². The van der Waals surface area contributed by atoms with Crippen molar-refractivity contribution in [2.24, 2.45) is 0 Å². The van der Waals surface area contributed by atoms with Crippen molar-refractivity contribution in [2.45, 2.75) is 32.6 Å². The molecule has 2 N–H and O–H groups in total. The van der Waals surface area contributed by atoms with Crippen LogP contribution in [0.15, 0.2) is 28.7 Å². The number of nitrogens with one attached hydrogen (secondary N) is 1. The fourth-order valence-corrected chi connectivity index (χ4v) is 2.99. The van der Waals surface area contributed by atoms with Gasteiger partial charge in [0.25, 0.3) is 5.91 Å². The Morgan fingerprint density at radius 2 is 2.08 bits per heavy atom. The van der Waals surface area contributed by atoms with Gasteiger partial charge in [-0.1, -0.05) is 12.1 Å². The van der Waals surface area contributed by atoms with Crippen LogP contribution in [-0.2, 0) is 17.6 Å². The van der Waals surface area contributed by atoms with Crippen molar-refractivity contribution < 1.29 is 23.9 Å². The Balaban J connectivity index is 1.83. The Kier molecular flexibility index (Phi) is 4.20. The topological polar surface area (TPSA) is 96.6 Å². The van der Waals surface area contributed by atoms with Crippen LogP contribution >= 0.6 is 0 Å². The zero-order valence-electron chi connectivity index (χ0n) is 13.2. The minimum Gasteiger partial charge on any atom is -0.481 e. The molecular formula is C18H17NO5. The number of anilines is 1. The van der Waals surface area contributed by atoms with E-state index in [1.54, 1.807) is 31.2 Å². The first-order valence-corrected chi connectivity index (χ1v) is 7.73. The first-order chi connectivity index (χ1) is 11.5. The maximum atomic E-state index is 12.5. The molecule has 0 spiro atoms. The molecule has 1 aliphatic carbocycles. The van der Waals surface area contributed by atoms with Gasteiger partial charge in [0, 0.05) is 24.1 Å². The number of carboxylic acids is 1. The summed E-state index contributed by atoms with van der Waals surface area (Å²) in [4.78, 5) is 35.2. The van der Waals surface area contributed by atoms with Crippen molar-refractivity contribution in [3.8, 4) is 0 Å². The summed E-state index contributed by atoms with van der Waals surface area (Å²) in [6, 6.07) is 6.64. The first-order valence-electron chi connectivity index (χ1n) is 7.73. The third kappa shape index (κ3) is 3.08. The number of furan rings is 1. The number of amides is 1. The number of rotatable bonds is 4. The highest BCUT2D eigenvalue weighted by molar-refractivity contribution is 6.07. The summed E-state index contributed by atoms with van der Waals surface area (Å²) in [5, 5.41) is 11.5. The summed E-state index contributed by atoms with van der Waals surface area (Å²) < 4.78 is 5.61. The molecule has 0 unspecified atom stereocenters. The second kappa shape index (κ2) is 6.31. The quantitative estimate of drug-likeness (QED) is 0.900. The fraction of sp³-hybridized carbons (Fsp3) is 0.278. The molecule has 0 saturated heterocycles. The number of aryl methyl sites for hydroxylation is 1. The SMILES string of the molecule is Cc1c(C(=O)Nc2cccc(CC(=O)O)c2)oc2c1C(=O)CCC2. The lowest BCUT2D eigenvalue weighted by molar-refractivity contribution is -0.136. The summed E-state index contributed by atoms with van der Waals surface area (Å²) in [6.45, 7) is 1.71. The van der Waals surface area contributed by atoms with Crippen molar-refractivity contribution in [3.05, 3.63) is 52.5 Å². The lowest BCUT2D eigenvalue weighted by Crippen LogP contribution is -2.13. The molecule has 6 heteroatoms. The Hall–Kier alpha value is -2.89. The second-order valence-electron chi connectivity index (χ2n) is 5.86. The van der Waals surface area contributed by atoms with E-state index in [-0.39, 0.29) is 18.0 Å². The normalized spacial score (nSPS) is 13.5. The predicted octanol–water partition coefficient (Wildman–Crippen LogP) is 2.99. The maximum Gasteiger partial charge on any atom is 0.307 e.